The van der Waals surface area contributed by atoms with Crippen LogP contribution in [-0.4, -0.2) is 40.3 Å². The summed E-state index contributed by atoms with van der Waals surface area (Å²) in [5, 5.41) is 1.16. The van der Waals surface area contributed by atoms with Gasteiger partial charge in [-0.3, -0.25) is 9.69 Å². The number of para-hydroxylation sites is 1. The predicted molar refractivity (Wildman–Crippen MR) is 69.6 cm³/mol. The number of likely N-dealkylation sites (N-methyl/N-ethyl adjacent to an activating group) is 1. The summed E-state index contributed by atoms with van der Waals surface area (Å²) in [6.45, 7) is 0.606. The zero-order chi connectivity index (χ0) is 13.1. The van der Waals surface area contributed by atoms with E-state index in [0.717, 1.165) is 23.0 Å². The number of aromatic amines is 1. The molecule has 19 heavy (non-hydrogen) atoms. The number of benzene rings is 1. The van der Waals surface area contributed by atoms with Crippen LogP contribution in [0.1, 0.15) is 17.3 Å². The van der Waals surface area contributed by atoms with Gasteiger partial charge < -0.3 is 9.88 Å². The molecular formula is C14H13N3O2. The van der Waals surface area contributed by atoms with Gasteiger partial charge in [-0.05, 0) is 18.1 Å². The fourth-order valence-electron chi connectivity index (χ4n) is 3.17. The Balaban J connectivity index is 1.96. The van der Waals surface area contributed by atoms with Gasteiger partial charge in [0.05, 0.1) is 5.69 Å². The minimum atomic E-state index is -0.464. The topological polar surface area (TPSA) is 56.4 Å². The van der Waals surface area contributed by atoms with Crippen molar-refractivity contribution < 1.29 is 9.59 Å². The molecule has 2 aliphatic heterocycles. The van der Waals surface area contributed by atoms with E-state index in [0.29, 0.717) is 6.54 Å². The minimum Gasteiger partial charge on any atom is -0.356 e. The van der Waals surface area contributed by atoms with Gasteiger partial charge in [0, 0.05) is 24.5 Å². The molecule has 0 aliphatic carbocycles. The van der Waals surface area contributed by atoms with Gasteiger partial charge >= 0.3 is 6.03 Å². The monoisotopic (exact) mass is 255 g/mol. The first-order chi connectivity index (χ1) is 9.18. The predicted octanol–water partition coefficient (Wildman–Crippen LogP) is 1.66. The summed E-state index contributed by atoms with van der Waals surface area (Å²) >= 11 is 0. The van der Waals surface area contributed by atoms with Crippen LogP contribution >= 0.6 is 0 Å². The van der Waals surface area contributed by atoms with Gasteiger partial charge in [-0.15, -0.1) is 0 Å². The Bertz CT molecular complexity index is 719. The summed E-state index contributed by atoms with van der Waals surface area (Å²) in [4.78, 5) is 30.4. The Morgan fingerprint density at radius 1 is 1.26 bits per heavy atom. The van der Waals surface area contributed by atoms with Crippen LogP contribution in [0.25, 0.3) is 10.9 Å². The van der Waals surface area contributed by atoms with E-state index >= 15 is 0 Å². The first-order valence-electron chi connectivity index (χ1n) is 6.36. The van der Waals surface area contributed by atoms with Gasteiger partial charge in [0.1, 0.15) is 0 Å². The number of rotatable bonds is 0. The number of carbonyl (C=O) groups is 2. The Morgan fingerprint density at radius 2 is 2.05 bits per heavy atom. The molecule has 1 atom stereocenters. The van der Waals surface area contributed by atoms with Crippen LogP contribution in [0, 0.1) is 0 Å². The lowest BCUT2D eigenvalue weighted by Crippen LogP contribution is -2.35. The van der Waals surface area contributed by atoms with Crippen molar-refractivity contribution >= 4 is 22.8 Å². The molecular weight excluding hydrogens is 242 g/mol. The highest BCUT2D eigenvalue weighted by Crippen LogP contribution is 2.38. The number of nitrogens with one attached hydrogen (secondary N) is 1. The average Bonchev–Trinajstić information content (AvgIpc) is 2.91. The Kier molecular flexibility index (Phi) is 1.88. The van der Waals surface area contributed by atoms with Crippen molar-refractivity contribution in [3.8, 4) is 0 Å². The SMILES string of the molecule is CN1C(=O)C2c3[nH]c4ccccc4c3CCN2C1=O. The van der Waals surface area contributed by atoms with E-state index in [9.17, 15) is 9.59 Å². The molecule has 0 saturated carbocycles. The van der Waals surface area contributed by atoms with Crippen LogP contribution < -0.4 is 0 Å². The lowest BCUT2D eigenvalue weighted by molar-refractivity contribution is -0.127. The lowest BCUT2D eigenvalue weighted by atomic mass is 9.98. The third-order valence-electron chi connectivity index (χ3n) is 4.13. The van der Waals surface area contributed by atoms with Gasteiger partial charge in [-0.2, -0.15) is 0 Å². The molecule has 0 radical (unpaired) electrons. The molecule has 0 bridgehead atoms. The van der Waals surface area contributed by atoms with E-state index < -0.39 is 6.04 Å². The second kappa shape index (κ2) is 3.38. The van der Waals surface area contributed by atoms with Crippen molar-refractivity contribution in [1.82, 2.24) is 14.8 Å². The number of amides is 3. The normalized spacial score (nSPS) is 22.1. The summed E-state index contributed by atoms with van der Waals surface area (Å²) < 4.78 is 0. The number of hydrogen-bond acceptors (Lipinski definition) is 2. The largest absolute Gasteiger partial charge is 0.356 e. The van der Waals surface area contributed by atoms with Gasteiger partial charge in [0.25, 0.3) is 5.91 Å². The fourth-order valence-corrected chi connectivity index (χ4v) is 3.17. The molecule has 3 heterocycles. The third kappa shape index (κ3) is 1.19. The number of aromatic nitrogens is 1. The number of imide groups is 1. The van der Waals surface area contributed by atoms with Gasteiger partial charge in [-0.25, -0.2) is 4.79 Å². The minimum absolute atomic E-state index is 0.141. The van der Waals surface area contributed by atoms with Crippen LogP contribution in [0.2, 0.25) is 0 Å². The maximum atomic E-state index is 12.2. The van der Waals surface area contributed by atoms with Crippen LogP contribution in [0.15, 0.2) is 24.3 Å². The number of H-pyrrole nitrogens is 1. The summed E-state index contributed by atoms with van der Waals surface area (Å²) in [7, 11) is 1.55. The molecule has 4 rings (SSSR count). The van der Waals surface area contributed by atoms with Crippen molar-refractivity contribution in [2.45, 2.75) is 12.5 Å². The average molecular weight is 255 g/mol. The first kappa shape index (κ1) is 10.6. The number of nitrogens with zero attached hydrogens (tertiary/aromatic N) is 2. The molecule has 2 aliphatic rings. The summed E-state index contributed by atoms with van der Waals surface area (Å²) in [6, 6.07) is 7.37. The van der Waals surface area contributed by atoms with Crippen LogP contribution in [0.3, 0.4) is 0 Å². The lowest BCUT2D eigenvalue weighted by Gasteiger charge is -2.26. The van der Waals surface area contributed by atoms with Crippen molar-refractivity contribution in [2.75, 3.05) is 13.6 Å². The molecule has 1 aromatic carbocycles. The highest BCUT2D eigenvalue weighted by molar-refractivity contribution is 6.05. The van der Waals surface area contributed by atoms with E-state index in [1.54, 1.807) is 11.9 Å². The van der Waals surface area contributed by atoms with Gasteiger partial charge in [0.15, 0.2) is 6.04 Å². The van der Waals surface area contributed by atoms with E-state index in [1.807, 2.05) is 18.2 Å². The number of hydrogen-bond donors (Lipinski definition) is 1. The first-order valence-corrected chi connectivity index (χ1v) is 6.36. The van der Waals surface area contributed by atoms with E-state index in [4.69, 9.17) is 0 Å². The maximum Gasteiger partial charge on any atom is 0.327 e. The second-order valence-corrected chi connectivity index (χ2v) is 5.09. The van der Waals surface area contributed by atoms with E-state index in [1.165, 1.54) is 10.5 Å². The number of urea groups is 1. The molecule has 0 spiro atoms. The summed E-state index contributed by atoms with van der Waals surface area (Å²) in [5.74, 6) is -0.141. The van der Waals surface area contributed by atoms with Crippen molar-refractivity contribution in [1.29, 1.82) is 0 Å². The molecule has 3 amide bonds. The molecule has 5 heteroatoms. The Hall–Kier alpha value is -2.30. The molecule has 1 N–H and O–H groups in total. The third-order valence-corrected chi connectivity index (χ3v) is 4.13. The highest BCUT2D eigenvalue weighted by atomic mass is 16.2. The van der Waals surface area contributed by atoms with Crippen molar-refractivity contribution in [2.24, 2.45) is 0 Å². The Morgan fingerprint density at radius 3 is 2.89 bits per heavy atom. The van der Waals surface area contributed by atoms with Crippen molar-refractivity contribution in [3.63, 3.8) is 0 Å². The summed E-state index contributed by atoms with van der Waals surface area (Å²) in [5.41, 5.74) is 3.09. The quantitative estimate of drug-likeness (QED) is 0.728. The molecule has 1 aromatic heterocycles. The molecule has 1 fully saturated rings. The van der Waals surface area contributed by atoms with Crippen molar-refractivity contribution in [3.05, 3.63) is 35.5 Å². The molecule has 1 unspecified atom stereocenters. The fraction of sp³-hybridized carbons (Fsp3) is 0.286. The standard InChI is InChI=1S/C14H13N3O2/c1-16-13(18)12-11-9(6-7-17(12)14(16)19)8-4-2-3-5-10(8)15-11/h2-5,12,15H,6-7H2,1H3. The Labute approximate surface area is 109 Å². The van der Waals surface area contributed by atoms with Gasteiger partial charge in [0.2, 0.25) is 0 Å². The van der Waals surface area contributed by atoms with E-state index in [2.05, 4.69) is 11.1 Å². The van der Waals surface area contributed by atoms with E-state index in [-0.39, 0.29) is 11.9 Å². The number of fused-ring (bicyclic) bond motifs is 5. The van der Waals surface area contributed by atoms with Gasteiger partial charge in [-0.1, -0.05) is 18.2 Å². The maximum absolute atomic E-state index is 12.2. The molecule has 96 valence electrons. The zero-order valence-electron chi connectivity index (χ0n) is 10.5. The number of carbonyl (C=O) groups excluding carboxylic acids is 2. The zero-order valence-corrected chi connectivity index (χ0v) is 10.5. The summed E-state index contributed by atoms with van der Waals surface area (Å²) in [6.07, 6.45) is 0.794. The highest BCUT2D eigenvalue weighted by Gasteiger charge is 2.47. The van der Waals surface area contributed by atoms with Crippen LogP contribution in [0.4, 0.5) is 4.79 Å². The van der Waals surface area contributed by atoms with Crippen LogP contribution in [0.5, 0.6) is 0 Å². The second-order valence-electron chi connectivity index (χ2n) is 5.09. The smallest absolute Gasteiger partial charge is 0.327 e. The van der Waals surface area contributed by atoms with Crippen LogP contribution in [-0.2, 0) is 11.2 Å². The molecule has 1 saturated heterocycles. The molecule has 2 aromatic rings. The molecule has 5 nitrogen and oxygen atoms in total.